The third-order valence-electron chi connectivity index (χ3n) is 1.44. The van der Waals surface area contributed by atoms with Crippen LogP contribution in [0.25, 0.3) is 0 Å². The Labute approximate surface area is 67.4 Å². The zero-order valence-electron chi connectivity index (χ0n) is 6.35. The van der Waals surface area contributed by atoms with Crippen LogP contribution >= 0.6 is 0 Å². The van der Waals surface area contributed by atoms with E-state index in [0.717, 1.165) is 0 Å². The van der Waals surface area contributed by atoms with Gasteiger partial charge in [-0.1, -0.05) is 0 Å². The van der Waals surface area contributed by atoms with Gasteiger partial charge >= 0.3 is 6.18 Å². The second kappa shape index (κ2) is 3.18. The summed E-state index contributed by atoms with van der Waals surface area (Å²) in [6.45, 7) is 0. The highest BCUT2D eigenvalue weighted by atomic mass is 19.4. The molecule has 0 radical (unpaired) electrons. The Morgan fingerprint density at radius 2 is 2.17 bits per heavy atom. The summed E-state index contributed by atoms with van der Waals surface area (Å²) >= 11 is 0. The summed E-state index contributed by atoms with van der Waals surface area (Å²) in [5.74, 6) is -0.120. The van der Waals surface area contributed by atoms with Gasteiger partial charge in [0.2, 0.25) is 0 Å². The minimum absolute atomic E-state index is 0.120. The van der Waals surface area contributed by atoms with Gasteiger partial charge in [0.25, 0.3) is 0 Å². The molecule has 68 valence electrons. The van der Waals surface area contributed by atoms with Gasteiger partial charge in [0, 0.05) is 0 Å². The smallest absolute Gasteiger partial charge is 0.410 e. The Balaban J connectivity index is 2.84. The number of alkyl halides is 3. The van der Waals surface area contributed by atoms with Gasteiger partial charge in [0.1, 0.15) is 5.76 Å². The normalized spacial score (nSPS) is 14.7. The Kier molecular flexibility index (Phi) is 2.42. The first-order valence-electron chi connectivity index (χ1n) is 3.33. The molecule has 0 aromatic carbocycles. The Morgan fingerprint density at radius 1 is 1.50 bits per heavy atom. The van der Waals surface area contributed by atoms with E-state index in [2.05, 4.69) is 9.73 Å². The molecule has 12 heavy (non-hydrogen) atoms. The molecule has 1 atom stereocenters. The van der Waals surface area contributed by atoms with Gasteiger partial charge in [-0.15, -0.1) is 0 Å². The molecular weight excluding hydrogens is 171 g/mol. The molecule has 0 fully saturated rings. The largest absolute Gasteiger partial charge is 0.467 e. The third kappa shape index (κ3) is 1.79. The minimum atomic E-state index is -4.31. The van der Waals surface area contributed by atoms with Crippen LogP contribution in [0.4, 0.5) is 13.2 Å². The quantitative estimate of drug-likeness (QED) is 0.752. The molecule has 1 aromatic rings. The monoisotopic (exact) mass is 179 g/mol. The third-order valence-corrected chi connectivity index (χ3v) is 1.44. The summed E-state index contributed by atoms with van der Waals surface area (Å²) in [6, 6.07) is 0.993. The number of nitrogens with one attached hydrogen (secondary N) is 1. The van der Waals surface area contributed by atoms with Gasteiger partial charge in [-0.05, 0) is 19.2 Å². The average Bonchev–Trinajstić information content (AvgIpc) is 2.38. The van der Waals surface area contributed by atoms with E-state index in [1.54, 1.807) is 0 Å². The minimum Gasteiger partial charge on any atom is -0.467 e. The van der Waals surface area contributed by atoms with Crippen LogP contribution in [0.5, 0.6) is 0 Å². The van der Waals surface area contributed by atoms with E-state index in [9.17, 15) is 13.2 Å². The predicted octanol–water partition coefficient (Wildman–Crippen LogP) is 2.10. The van der Waals surface area contributed by atoms with Gasteiger partial charge in [0.05, 0.1) is 6.26 Å². The highest BCUT2D eigenvalue weighted by molar-refractivity contribution is 5.06. The lowest BCUT2D eigenvalue weighted by Gasteiger charge is -2.16. The van der Waals surface area contributed by atoms with E-state index in [1.807, 2.05) is 0 Å². The molecule has 1 aromatic heterocycles. The summed E-state index contributed by atoms with van der Waals surface area (Å²) in [5.41, 5.74) is 0. The Morgan fingerprint density at radius 3 is 2.50 bits per heavy atom. The van der Waals surface area contributed by atoms with Crippen molar-refractivity contribution < 1.29 is 17.6 Å². The molecule has 0 spiro atoms. The number of furan rings is 1. The van der Waals surface area contributed by atoms with Crippen LogP contribution in [-0.4, -0.2) is 13.2 Å². The van der Waals surface area contributed by atoms with Crippen LogP contribution < -0.4 is 5.32 Å². The van der Waals surface area contributed by atoms with E-state index >= 15 is 0 Å². The first kappa shape index (κ1) is 9.12. The lowest BCUT2D eigenvalue weighted by molar-refractivity contribution is -0.160. The number of hydrogen-bond acceptors (Lipinski definition) is 2. The molecule has 0 saturated carbocycles. The number of hydrogen-bond donors (Lipinski definition) is 1. The van der Waals surface area contributed by atoms with Crippen LogP contribution in [0.1, 0.15) is 11.8 Å². The summed E-state index contributed by atoms with van der Waals surface area (Å²) in [6.07, 6.45) is -3.10. The van der Waals surface area contributed by atoms with Crippen molar-refractivity contribution in [2.24, 2.45) is 0 Å². The molecule has 0 aliphatic heterocycles. The molecule has 0 amide bonds. The van der Waals surface area contributed by atoms with E-state index < -0.39 is 12.2 Å². The summed E-state index contributed by atoms with van der Waals surface area (Å²) < 4.78 is 41.1. The summed E-state index contributed by atoms with van der Waals surface area (Å²) in [7, 11) is 1.24. The molecule has 0 aliphatic rings. The highest BCUT2D eigenvalue weighted by Crippen LogP contribution is 2.32. The maximum Gasteiger partial charge on any atom is 0.410 e. The first-order chi connectivity index (χ1) is 5.55. The highest BCUT2D eigenvalue weighted by Gasteiger charge is 2.41. The molecule has 0 bridgehead atoms. The second-order valence-electron chi connectivity index (χ2n) is 2.28. The van der Waals surface area contributed by atoms with Crippen molar-refractivity contribution in [3.8, 4) is 0 Å². The van der Waals surface area contributed by atoms with Gasteiger partial charge in [0.15, 0.2) is 6.04 Å². The fourth-order valence-electron chi connectivity index (χ4n) is 0.923. The zero-order valence-corrected chi connectivity index (χ0v) is 6.35. The van der Waals surface area contributed by atoms with Crippen LogP contribution in [0.2, 0.25) is 0 Å². The van der Waals surface area contributed by atoms with Crippen LogP contribution in [0.3, 0.4) is 0 Å². The molecule has 5 heteroatoms. The zero-order chi connectivity index (χ0) is 9.19. The first-order valence-corrected chi connectivity index (χ1v) is 3.33. The van der Waals surface area contributed by atoms with Crippen LogP contribution in [0, 0.1) is 0 Å². The second-order valence-corrected chi connectivity index (χ2v) is 2.28. The van der Waals surface area contributed by atoms with Crippen molar-refractivity contribution in [1.29, 1.82) is 0 Å². The molecule has 1 rings (SSSR count). The maximum absolute atomic E-state index is 12.2. The van der Waals surface area contributed by atoms with E-state index in [0.29, 0.717) is 0 Å². The molecular formula is C7H8F3NO. The standard InChI is InChI=1S/C7H8F3NO/c1-11-6(7(8,9)10)5-3-2-4-12-5/h2-4,6,11H,1H3. The molecule has 2 nitrogen and oxygen atoms in total. The van der Waals surface area contributed by atoms with Crippen molar-refractivity contribution in [3.63, 3.8) is 0 Å². The van der Waals surface area contributed by atoms with Crippen molar-refractivity contribution >= 4 is 0 Å². The molecule has 0 aliphatic carbocycles. The van der Waals surface area contributed by atoms with Gasteiger partial charge in [-0.2, -0.15) is 13.2 Å². The Bertz CT molecular complexity index is 229. The van der Waals surface area contributed by atoms with Crippen molar-refractivity contribution in [1.82, 2.24) is 5.32 Å². The summed E-state index contributed by atoms with van der Waals surface area (Å²) in [4.78, 5) is 0. The lowest BCUT2D eigenvalue weighted by atomic mass is 10.2. The average molecular weight is 179 g/mol. The topological polar surface area (TPSA) is 25.2 Å². The molecule has 0 saturated heterocycles. The van der Waals surface area contributed by atoms with E-state index in [-0.39, 0.29) is 5.76 Å². The maximum atomic E-state index is 12.2. The predicted molar refractivity (Wildman–Crippen MR) is 36.6 cm³/mol. The van der Waals surface area contributed by atoms with Gasteiger partial charge in [-0.3, -0.25) is 0 Å². The molecule has 1 unspecified atom stereocenters. The molecule has 1 heterocycles. The Hall–Kier alpha value is -0.970. The van der Waals surface area contributed by atoms with E-state index in [4.69, 9.17) is 0 Å². The fourth-order valence-corrected chi connectivity index (χ4v) is 0.923. The van der Waals surface area contributed by atoms with Gasteiger partial charge in [-0.25, -0.2) is 0 Å². The lowest BCUT2D eigenvalue weighted by Crippen LogP contribution is -2.31. The SMILES string of the molecule is CNC(c1ccco1)C(F)(F)F. The van der Waals surface area contributed by atoms with Crippen LogP contribution in [-0.2, 0) is 0 Å². The number of halogens is 3. The summed E-state index contributed by atoms with van der Waals surface area (Å²) in [5, 5.41) is 2.13. The van der Waals surface area contributed by atoms with Crippen LogP contribution in [0.15, 0.2) is 22.8 Å². The van der Waals surface area contributed by atoms with Crippen molar-refractivity contribution in [3.05, 3.63) is 24.2 Å². The van der Waals surface area contributed by atoms with E-state index in [1.165, 1.54) is 25.4 Å². The fraction of sp³-hybridized carbons (Fsp3) is 0.429. The van der Waals surface area contributed by atoms with Crippen molar-refractivity contribution in [2.75, 3.05) is 7.05 Å². The van der Waals surface area contributed by atoms with Crippen molar-refractivity contribution in [2.45, 2.75) is 12.2 Å². The number of rotatable bonds is 2. The van der Waals surface area contributed by atoms with Gasteiger partial charge < -0.3 is 9.73 Å². The molecule has 1 N–H and O–H groups in total.